The molecule has 0 fully saturated rings. The van der Waals surface area contributed by atoms with Crippen molar-refractivity contribution in [2.24, 2.45) is 4.99 Å². The zero-order valence-corrected chi connectivity index (χ0v) is 9.40. The number of isocyanates is 1. The molecule has 2 aromatic rings. The molecule has 2 aromatic carbocycles. The molecule has 2 rings (SSSR count). The molecule has 0 spiro atoms. The summed E-state index contributed by atoms with van der Waals surface area (Å²) in [7, 11) is 0. The molecule has 0 aliphatic rings. The minimum absolute atomic E-state index is 0.525. The molecule has 2 heteroatoms. The molecule has 0 radical (unpaired) electrons. The first-order valence-electron chi connectivity index (χ1n) is 5.22. The minimum Gasteiger partial charge on any atom is -0.211 e. The maximum atomic E-state index is 10.4. The molecular formula is C14H13NO. The highest BCUT2D eigenvalue weighted by Gasteiger charge is 2.21. The molecule has 0 unspecified atom stereocenters. The van der Waals surface area contributed by atoms with Gasteiger partial charge in [0.05, 0.1) is 5.54 Å². The van der Waals surface area contributed by atoms with Gasteiger partial charge < -0.3 is 0 Å². The summed E-state index contributed by atoms with van der Waals surface area (Å²) in [6.45, 7) is 3.83. The molecule has 0 aliphatic carbocycles. The molecule has 0 atom stereocenters. The molecule has 0 aromatic heterocycles. The van der Waals surface area contributed by atoms with Crippen molar-refractivity contribution in [2.45, 2.75) is 19.4 Å². The van der Waals surface area contributed by atoms with E-state index in [-0.39, 0.29) is 0 Å². The van der Waals surface area contributed by atoms with Gasteiger partial charge in [-0.2, -0.15) is 4.99 Å². The average molecular weight is 211 g/mol. The van der Waals surface area contributed by atoms with Crippen LogP contribution in [0, 0.1) is 0 Å². The van der Waals surface area contributed by atoms with Gasteiger partial charge in [-0.3, -0.25) is 0 Å². The molecule has 0 saturated carbocycles. The predicted octanol–water partition coefficient (Wildman–Crippen LogP) is 3.41. The Labute approximate surface area is 94.6 Å². The normalized spacial score (nSPS) is 11.1. The lowest BCUT2D eigenvalue weighted by Gasteiger charge is -2.20. The summed E-state index contributed by atoms with van der Waals surface area (Å²) in [5, 5.41) is 2.29. The Kier molecular flexibility index (Phi) is 2.59. The number of hydrogen-bond acceptors (Lipinski definition) is 2. The van der Waals surface area contributed by atoms with E-state index in [1.807, 2.05) is 44.2 Å². The van der Waals surface area contributed by atoms with Gasteiger partial charge in [0.15, 0.2) is 0 Å². The van der Waals surface area contributed by atoms with Crippen LogP contribution in [0.5, 0.6) is 0 Å². The highest BCUT2D eigenvalue weighted by molar-refractivity contribution is 5.86. The van der Waals surface area contributed by atoms with E-state index < -0.39 is 5.54 Å². The van der Waals surface area contributed by atoms with Crippen LogP contribution in [0.1, 0.15) is 19.4 Å². The van der Waals surface area contributed by atoms with Gasteiger partial charge in [-0.1, -0.05) is 42.5 Å². The largest absolute Gasteiger partial charge is 0.235 e. The summed E-state index contributed by atoms with van der Waals surface area (Å²) >= 11 is 0. The molecular weight excluding hydrogens is 198 g/mol. The Balaban J connectivity index is 2.74. The molecule has 0 amide bonds. The first-order valence-corrected chi connectivity index (χ1v) is 5.22. The number of fused-ring (bicyclic) bond motifs is 1. The predicted molar refractivity (Wildman–Crippen MR) is 65.1 cm³/mol. The fourth-order valence-corrected chi connectivity index (χ4v) is 1.93. The summed E-state index contributed by atoms with van der Waals surface area (Å²) in [4.78, 5) is 14.3. The van der Waals surface area contributed by atoms with Gasteiger partial charge in [-0.25, -0.2) is 4.79 Å². The van der Waals surface area contributed by atoms with Crippen LogP contribution in [0.2, 0.25) is 0 Å². The lowest BCUT2D eigenvalue weighted by atomic mass is 9.90. The SMILES string of the molecule is CC(C)(N=C=O)c1cccc2ccccc12. The highest BCUT2D eigenvalue weighted by atomic mass is 16.1. The van der Waals surface area contributed by atoms with Crippen molar-refractivity contribution >= 4 is 16.9 Å². The van der Waals surface area contributed by atoms with Gasteiger partial charge in [-0.15, -0.1) is 0 Å². The molecule has 0 bridgehead atoms. The van der Waals surface area contributed by atoms with Gasteiger partial charge in [0, 0.05) is 0 Å². The molecule has 16 heavy (non-hydrogen) atoms. The number of hydrogen-bond donors (Lipinski definition) is 0. The Morgan fingerprint density at radius 3 is 2.50 bits per heavy atom. The second kappa shape index (κ2) is 3.92. The first-order chi connectivity index (χ1) is 7.65. The Hall–Kier alpha value is -1.92. The van der Waals surface area contributed by atoms with Crippen molar-refractivity contribution in [2.75, 3.05) is 0 Å². The van der Waals surface area contributed by atoms with E-state index in [2.05, 4.69) is 17.1 Å². The Morgan fingerprint density at radius 2 is 1.75 bits per heavy atom. The fraction of sp³-hybridized carbons (Fsp3) is 0.214. The van der Waals surface area contributed by atoms with E-state index in [0.717, 1.165) is 16.3 Å². The van der Waals surface area contributed by atoms with Gasteiger partial charge in [-0.05, 0) is 30.2 Å². The third kappa shape index (κ3) is 1.75. The highest BCUT2D eigenvalue weighted by Crippen LogP contribution is 2.30. The van der Waals surface area contributed by atoms with Crippen LogP contribution in [0.25, 0.3) is 10.8 Å². The summed E-state index contributed by atoms with van der Waals surface area (Å²) < 4.78 is 0. The zero-order valence-electron chi connectivity index (χ0n) is 9.40. The van der Waals surface area contributed by atoms with Crippen LogP contribution < -0.4 is 0 Å². The van der Waals surface area contributed by atoms with E-state index in [0.29, 0.717) is 0 Å². The second-order valence-corrected chi connectivity index (χ2v) is 4.29. The van der Waals surface area contributed by atoms with Crippen LogP contribution in [0.15, 0.2) is 47.5 Å². The van der Waals surface area contributed by atoms with E-state index >= 15 is 0 Å². The van der Waals surface area contributed by atoms with Gasteiger partial charge in [0.25, 0.3) is 0 Å². The number of nitrogens with zero attached hydrogens (tertiary/aromatic N) is 1. The van der Waals surface area contributed by atoms with Crippen LogP contribution in [-0.4, -0.2) is 6.08 Å². The second-order valence-electron chi connectivity index (χ2n) is 4.29. The molecule has 0 saturated heterocycles. The fourth-order valence-electron chi connectivity index (χ4n) is 1.93. The lowest BCUT2D eigenvalue weighted by Crippen LogP contribution is -2.13. The van der Waals surface area contributed by atoms with Crippen molar-refractivity contribution in [1.82, 2.24) is 0 Å². The summed E-state index contributed by atoms with van der Waals surface area (Å²) in [5.41, 5.74) is 0.525. The molecule has 0 aliphatic heterocycles. The van der Waals surface area contributed by atoms with Crippen molar-refractivity contribution in [3.63, 3.8) is 0 Å². The monoisotopic (exact) mass is 211 g/mol. The average Bonchev–Trinajstić information content (AvgIpc) is 2.28. The third-order valence-corrected chi connectivity index (χ3v) is 2.77. The molecule has 2 nitrogen and oxygen atoms in total. The summed E-state index contributed by atoms with van der Waals surface area (Å²) in [5.74, 6) is 0. The van der Waals surface area contributed by atoms with Gasteiger partial charge in [0.1, 0.15) is 0 Å². The Morgan fingerprint density at radius 1 is 1.06 bits per heavy atom. The molecule has 0 heterocycles. The molecule has 0 N–H and O–H groups in total. The maximum Gasteiger partial charge on any atom is 0.235 e. The van der Waals surface area contributed by atoms with E-state index in [9.17, 15) is 4.79 Å². The van der Waals surface area contributed by atoms with Crippen molar-refractivity contribution < 1.29 is 4.79 Å². The van der Waals surface area contributed by atoms with Crippen LogP contribution in [-0.2, 0) is 10.3 Å². The van der Waals surface area contributed by atoms with Crippen LogP contribution in [0.3, 0.4) is 0 Å². The standard InChI is InChI=1S/C14H13NO/c1-14(2,15-10-16)13-9-5-7-11-6-3-4-8-12(11)13/h3-9H,1-2H3. The van der Waals surface area contributed by atoms with Crippen LogP contribution in [0.4, 0.5) is 0 Å². The first kappa shape index (κ1) is 10.6. The number of aliphatic imine (C=N–C) groups is 1. The van der Waals surface area contributed by atoms with E-state index in [1.54, 1.807) is 6.08 Å². The smallest absolute Gasteiger partial charge is 0.211 e. The topological polar surface area (TPSA) is 29.4 Å². The zero-order chi connectivity index (χ0) is 11.6. The Bertz CT molecular complexity index is 560. The maximum absolute atomic E-state index is 10.4. The number of benzene rings is 2. The quantitative estimate of drug-likeness (QED) is 0.553. The van der Waals surface area contributed by atoms with E-state index in [1.165, 1.54) is 0 Å². The van der Waals surface area contributed by atoms with Gasteiger partial charge >= 0.3 is 0 Å². The summed E-state index contributed by atoms with van der Waals surface area (Å²) in [6.07, 6.45) is 1.65. The van der Waals surface area contributed by atoms with Crippen molar-refractivity contribution in [3.05, 3.63) is 48.0 Å². The van der Waals surface area contributed by atoms with Gasteiger partial charge in [0.2, 0.25) is 6.08 Å². The lowest BCUT2D eigenvalue weighted by molar-refractivity contribution is 0.525. The number of rotatable bonds is 2. The van der Waals surface area contributed by atoms with Crippen molar-refractivity contribution in [3.8, 4) is 0 Å². The van der Waals surface area contributed by atoms with E-state index in [4.69, 9.17) is 0 Å². The minimum atomic E-state index is -0.525. The summed E-state index contributed by atoms with van der Waals surface area (Å²) in [6, 6.07) is 14.1. The number of carbonyl (C=O) groups excluding carboxylic acids is 1. The third-order valence-electron chi connectivity index (χ3n) is 2.77. The van der Waals surface area contributed by atoms with Crippen molar-refractivity contribution in [1.29, 1.82) is 0 Å². The van der Waals surface area contributed by atoms with Crippen LogP contribution >= 0.6 is 0 Å². The molecule has 80 valence electrons.